The molecule has 0 spiro atoms. The van der Waals surface area contributed by atoms with Crippen molar-refractivity contribution in [2.24, 2.45) is 0 Å². The molecule has 0 aliphatic carbocycles. The van der Waals surface area contributed by atoms with Gasteiger partial charge in [-0.15, -0.1) is 11.3 Å². The van der Waals surface area contributed by atoms with E-state index in [1.807, 2.05) is 31.2 Å². The first-order chi connectivity index (χ1) is 12.6. The van der Waals surface area contributed by atoms with Crippen molar-refractivity contribution in [3.8, 4) is 10.6 Å². The van der Waals surface area contributed by atoms with Crippen LogP contribution in [-0.2, 0) is 6.54 Å². The summed E-state index contributed by atoms with van der Waals surface area (Å²) in [5, 5.41) is 8.07. The summed E-state index contributed by atoms with van der Waals surface area (Å²) >= 11 is 1.68. The van der Waals surface area contributed by atoms with Crippen molar-refractivity contribution in [1.29, 1.82) is 0 Å². The lowest BCUT2D eigenvalue weighted by Crippen LogP contribution is -2.13. The number of carbonyl (C=O) groups excluding carboxylic acids is 1. The van der Waals surface area contributed by atoms with Gasteiger partial charge in [0, 0.05) is 24.0 Å². The van der Waals surface area contributed by atoms with Crippen LogP contribution in [0.4, 0.5) is 5.69 Å². The van der Waals surface area contributed by atoms with E-state index in [0.29, 0.717) is 5.69 Å². The second-order valence-electron chi connectivity index (χ2n) is 6.08. The minimum Gasteiger partial charge on any atom is -0.321 e. The van der Waals surface area contributed by atoms with Gasteiger partial charge in [0.15, 0.2) is 5.69 Å². The molecule has 0 saturated heterocycles. The second kappa shape index (κ2) is 6.72. The van der Waals surface area contributed by atoms with E-state index in [9.17, 15) is 4.79 Å². The molecule has 2 heterocycles. The Labute approximate surface area is 155 Å². The maximum absolute atomic E-state index is 12.3. The summed E-state index contributed by atoms with van der Waals surface area (Å²) in [6.07, 6.45) is 1.80. The Kier molecular flexibility index (Phi) is 4.26. The van der Waals surface area contributed by atoms with Crippen LogP contribution in [0.25, 0.3) is 20.8 Å². The molecular formula is C20H18N4OS. The summed E-state index contributed by atoms with van der Waals surface area (Å²) in [7, 11) is 0. The zero-order chi connectivity index (χ0) is 18.1. The number of nitrogens with zero attached hydrogens (tertiary/aromatic N) is 3. The predicted octanol–water partition coefficient (Wildman–Crippen LogP) is 4.74. The third-order valence-electron chi connectivity index (χ3n) is 4.13. The predicted molar refractivity (Wildman–Crippen MR) is 106 cm³/mol. The number of benzene rings is 2. The van der Waals surface area contributed by atoms with Crippen LogP contribution < -0.4 is 5.32 Å². The molecular weight excluding hydrogens is 344 g/mol. The summed E-state index contributed by atoms with van der Waals surface area (Å²) < 4.78 is 2.91. The fourth-order valence-corrected chi connectivity index (χ4v) is 3.77. The zero-order valence-electron chi connectivity index (χ0n) is 14.6. The molecule has 130 valence electrons. The highest BCUT2D eigenvalue weighted by Gasteiger charge is 2.10. The lowest BCUT2D eigenvalue weighted by atomic mass is 10.2. The Morgan fingerprint density at radius 2 is 1.96 bits per heavy atom. The summed E-state index contributed by atoms with van der Waals surface area (Å²) in [4.78, 5) is 16.9. The normalized spacial score (nSPS) is 11.0. The number of hydrogen-bond acceptors (Lipinski definition) is 4. The highest BCUT2D eigenvalue weighted by atomic mass is 32.1. The first-order valence-corrected chi connectivity index (χ1v) is 9.26. The lowest BCUT2D eigenvalue weighted by Gasteiger charge is -2.04. The van der Waals surface area contributed by atoms with Gasteiger partial charge >= 0.3 is 0 Å². The molecule has 4 aromatic rings. The molecule has 2 aromatic heterocycles. The van der Waals surface area contributed by atoms with E-state index >= 15 is 0 Å². The Morgan fingerprint density at radius 1 is 1.15 bits per heavy atom. The van der Waals surface area contributed by atoms with Crippen molar-refractivity contribution in [3.05, 3.63) is 66.0 Å². The van der Waals surface area contributed by atoms with Gasteiger partial charge in [-0.05, 0) is 61.9 Å². The number of nitrogens with one attached hydrogen (secondary N) is 1. The number of fused-ring (bicyclic) bond motifs is 1. The average molecular weight is 362 g/mol. The molecule has 0 aliphatic heterocycles. The van der Waals surface area contributed by atoms with Gasteiger partial charge in [-0.2, -0.15) is 5.10 Å². The largest absolute Gasteiger partial charge is 0.321 e. The summed E-state index contributed by atoms with van der Waals surface area (Å²) in [5.41, 5.74) is 4.44. The Balaban J connectivity index is 1.53. The summed E-state index contributed by atoms with van der Waals surface area (Å²) in [5.74, 6) is -0.208. The number of amides is 1. The van der Waals surface area contributed by atoms with Crippen LogP contribution in [0.2, 0.25) is 0 Å². The van der Waals surface area contributed by atoms with Crippen molar-refractivity contribution in [2.75, 3.05) is 5.32 Å². The fraction of sp³-hybridized carbons (Fsp3) is 0.150. The number of hydrogen-bond donors (Lipinski definition) is 1. The van der Waals surface area contributed by atoms with E-state index in [1.165, 1.54) is 10.3 Å². The molecule has 4 rings (SSSR count). The quantitative estimate of drug-likeness (QED) is 0.570. The third kappa shape index (κ3) is 3.23. The molecule has 1 N–H and O–H groups in total. The van der Waals surface area contributed by atoms with Crippen molar-refractivity contribution < 1.29 is 4.79 Å². The molecule has 6 heteroatoms. The van der Waals surface area contributed by atoms with Crippen LogP contribution in [0.1, 0.15) is 23.0 Å². The molecule has 0 fully saturated rings. The van der Waals surface area contributed by atoms with E-state index in [1.54, 1.807) is 28.3 Å². The van der Waals surface area contributed by atoms with Crippen molar-refractivity contribution in [2.45, 2.75) is 20.4 Å². The highest BCUT2D eigenvalue weighted by Crippen LogP contribution is 2.31. The maximum atomic E-state index is 12.3. The Hall–Kier alpha value is -2.99. The van der Waals surface area contributed by atoms with Crippen LogP contribution in [0.5, 0.6) is 0 Å². The van der Waals surface area contributed by atoms with E-state index < -0.39 is 0 Å². The van der Waals surface area contributed by atoms with Gasteiger partial charge in [0.25, 0.3) is 5.91 Å². The molecule has 2 aromatic carbocycles. The van der Waals surface area contributed by atoms with Gasteiger partial charge in [-0.1, -0.05) is 6.07 Å². The Morgan fingerprint density at radius 3 is 2.69 bits per heavy atom. The van der Waals surface area contributed by atoms with Crippen LogP contribution >= 0.6 is 11.3 Å². The second-order valence-corrected chi connectivity index (χ2v) is 7.11. The number of anilines is 1. The van der Waals surface area contributed by atoms with Crippen LogP contribution in [0, 0.1) is 6.92 Å². The van der Waals surface area contributed by atoms with Gasteiger partial charge in [-0.25, -0.2) is 4.98 Å². The van der Waals surface area contributed by atoms with E-state index in [4.69, 9.17) is 4.98 Å². The number of thiazole rings is 1. The first-order valence-electron chi connectivity index (χ1n) is 8.45. The number of carbonyl (C=O) groups is 1. The maximum Gasteiger partial charge on any atom is 0.276 e. The Bertz CT molecular complexity index is 1080. The topological polar surface area (TPSA) is 59.8 Å². The zero-order valence-corrected chi connectivity index (χ0v) is 15.4. The SMILES string of the molecule is CCn1ccc(C(=O)Nc2ccc(-c3nc4ccc(C)cc4s3)cc2)n1. The first kappa shape index (κ1) is 16.5. The molecule has 26 heavy (non-hydrogen) atoms. The number of rotatable bonds is 4. The number of aryl methyl sites for hydroxylation is 2. The van der Waals surface area contributed by atoms with Gasteiger partial charge in [0.2, 0.25) is 0 Å². The van der Waals surface area contributed by atoms with Crippen molar-refractivity contribution in [1.82, 2.24) is 14.8 Å². The lowest BCUT2D eigenvalue weighted by molar-refractivity contribution is 0.102. The van der Waals surface area contributed by atoms with Gasteiger partial charge in [0.1, 0.15) is 5.01 Å². The van der Waals surface area contributed by atoms with E-state index in [-0.39, 0.29) is 5.91 Å². The van der Waals surface area contributed by atoms with E-state index in [2.05, 4.69) is 35.5 Å². The van der Waals surface area contributed by atoms with E-state index in [0.717, 1.165) is 28.3 Å². The molecule has 5 nitrogen and oxygen atoms in total. The van der Waals surface area contributed by atoms with Gasteiger partial charge < -0.3 is 5.32 Å². The monoisotopic (exact) mass is 362 g/mol. The number of aromatic nitrogens is 3. The molecule has 0 bridgehead atoms. The standard InChI is InChI=1S/C20H18N4OS/c1-3-24-11-10-17(23-24)19(25)21-15-7-5-14(6-8-15)20-22-16-9-4-13(2)12-18(16)26-20/h4-12H,3H2,1-2H3,(H,21,25). The minimum absolute atomic E-state index is 0.208. The molecule has 0 saturated carbocycles. The fourth-order valence-electron chi connectivity index (χ4n) is 2.71. The highest BCUT2D eigenvalue weighted by molar-refractivity contribution is 7.21. The average Bonchev–Trinajstić information content (AvgIpc) is 3.28. The molecule has 0 unspecified atom stereocenters. The summed E-state index contributed by atoms with van der Waals surface area (Å²) in [6, 6.07) is 15.7. The van der Waals surface area contributed by atoms with Gasteiger partial charge in [-0.3, -0.25) is 9.48 Å². The molecule has 0 aliphatic rings. The van der Waals surface area contributed by atoms with Gasteiger partial charge in [0.05, 0.1) is 10.2 Å². The van der Waals surface area contributed by atoms with Crippen molar-refractivity contribution >= 4 is 33.1 Å². The third-order valence-corrected chi connectivity index (χ3v) is 5.20. The minimum atomic E-state index is -0.208. The van der Waals surface area contributed by atoms with Crippen LogP contribution in [-0.4, -0.2) is 20.7 Å². The molecule has 0 radical (unpaired) electrons. The molecule has 0 atom stereocenters. The van der Waals surface area contributed by atoms with Crippen LogP contribution in [0.15, 0.2) is 54.7 Å². The van der Waals surface area contributed by atoms with Crippen molar-refractivity contribution in [3.63, 3.8) is 0 Å². The molecule has 1 amide bonds. The summed E-state index contributed by atoms with van der Waals surface area (Å²) in [6.45, 7) is 4.81. The van der Waals surface area contributed by atoms with Crippen LogP contribution in [0.3, 0.4) is 0 Å². The smallest absolute Gasteiger partial charge is 0.276 e.